The molecule has 0 amide bonds. The second kappa shape index (κ2) is 6.06. The lowest BCUT2D eigenvalue weighted by Gasteiger charge is -2.33. The molecule has 2 unspecified atom stereocenters. The summed E-state index contributed by atoms with van der Waals surface area (Å²) >= 11 is 3.61. The van der Waals surface area contributed by atoms with Crippen LogP contribution in [0.15, 0.2) is 22.7 Å². The molecule has 1 N–H and O–H groups in total. The van der Waals surface area contributed by atoms with E-state index in [-0.39, 0.29) is 12.5 Å². The first kappa shape index (κ1) is 14.5. The Kier molecular flexibility index (Phi) is 4.63. The molecule has 1 aliphatic carbocycles. The maximum Gasteiger partial charge on any atom is 0.304 e. The van der Waals surface area contributed by atoms with Crippen molar-refractivity contribution in [3.63, 3.8) is 0 Å². The van der Waals surface area contributed by atoms with Crippen LogP contribution in [0, 0.1) is 0 Å². The number of hydrogen-bond donors (Lipinski definition) is 1. The largest absolute Gasteiger partial charge is 0.481 e. The highest BCUT2D eigenvalue weighted by atomic mass is 79.9. The number of carboxylic acid groups (broad SMARTS) is 1. The highest BCUT2D eigenvalue weighted by Gasteiger charge is 2.31. The van der Waals surface area contributed by atoms with Gasteiger partial charge in [0.05, 0.1) is 6.42 Å². The first-order valence-corrected chi connectivity index (χ1v) is 7.58. The first-order valence-electron chi connectivity index (χ1n) is 6.79. The second-order valence-electron chi connectivity index (χ2n) is 5.14. The summed E-state index contributed by atoms with van der Waals surface area (Å²) in [4.78, 5) is 13.2. The van der Waals surface area contributed by atoms with Gasteiger partial charge in [0.15, 0.2) is 0 Å². The van der Waals surface area contributed by atoms with Crippen molar-refractivity contribution in [2.45, 2.75) is 45.2 Å². The van der Waals surface area contributed by atoms with Crippen molar-refractivity contribution in [2.75, 3.05) is 6.54 Å². The summed E-state index contributed by atoms with van der Waals surface area (Å²) in [6.07, 6.45) is 2.35. The maximum atomic E-state index is 10.9. The van der Waals surface area contributed by atoms with E-state index in [1.165, 1.54) is 15.6 Å². The number of benzene rings is 1. The Bertz CT molecular complexity index is 475. The predicted octanol–water partition coefficient (Wildman–Crippen LogP) is 3.62. The van der Waals surface area contributed by atoms with Crippen molar-refractivity contribution in [2.24, 2.45) is 0 Å². The number of nitrogens with zero attached hydrogens (tertiary/aromatic N) is 1. The van der Waals surface area contributed by atoms with Crippen LogP contribution in [-0.2, 0) is 11.2 Å². The number of fused-ring (bicyclic) bond motifs is 1. The van der Waals surface area contributed by atoms with Crippen LogP contribution in [0.3, 0.4) is 0 Å². The van der Waals surface area contributed by atoms with Crippen molar-refractivity contribution in [1.29, 1.82) is 0 Å². The third kappa shape index (κ3) is 3.00. The minimum Gasteiger partial charge on any atom is -0.481 e. The molecule has 0 fully saturated rings. The van der Waals surface area contributed by atoms with E-state index < -0.39 is 5.97 Å². The molecule has 0 radical (unpaired) electrons. The van der Waals surface area contributed by atoms with E-state index in [0.717, 1.165) is 19.4 Å². The molecule has 0 saturated heterocycles. The SMILES string of the molecule is CCN(C(C)CC(=O)O)C1CCc2c(Br)cccc21. The van der Waals surface area contributed by atoms with Crippen LogP contribution in [0.5, 0.6) is 0 Å². The van der Waals surface area contributed by atoms with Gasteiger partial charge in [-0.3, -0.25) is 9.69 Å². The fourth-order valence-corrected chi connectivity index (χ4v) is 3.72. The van der Waals surface area contributed by atoms with Crippen molar-refractivity contribution in [3.8, 4) is 0 Å². The van der Waals surface area contributed by atoms with E-state index in [9.17, 15) is 4.79 Å². The van der Waals surface area contributed by atoms with Gasteiger partial charge in [0, 0.05) is 16.6 Å². The Labute approximate surface area is 122 Å². The Hall–Kier alpha value is -0.870. The Balaban J connectivity index is 2.23. The molecule has 0 spiro atoms. The normalized spacial score (nSPS) is 19.5. The molecule has 2 rings (SSSR count). The van der Waals surface area contributed by atoms with E-state index in [0.29, 0.717) is 6.04 Å². The molecular formula is C15H20BrNO2. The first-order chi connectivity index (χ1) is 9.04. The molecule has 104 valence electrons. The number of rotatable bonds is 5. The molecule has 0 heterocycles. The molecule has 4 heteroatoms. The molecule has 1 aliphatic rings. The van der Waals surface area contributed by atoms with Gasteiger partial charge < -0.3 is 5.11 Å². The minimum absolute atomic E-state index is 0.0671. The number of halogens is 1. The number of carbonyl (C=O) groups is 1. The Morgan fingerprint density at radius 1 is 1.58 bits per heavy atom. The van der Waals surface area contributed by atoms with E-state index in [2.05, 4.69) is 46.0 Å². The van der Waals surface area contributed by atoms with Crippen LogP contribution in [0.2, 0.25) is 0 Å². The van der Waals surface area contributed by atoms with Gasteiger partial charge in [-0.1, -0.05) is 35.0 Å². The van der Waals surface area contributed by atoms with Gasteiger partial charge in [0.2, 0.25) is 0 Å². The third-order valence-electron chi connectivity index (χ3n) is 3.98. The standard InChI is InChI=1S/C15H20BrNO2/c1-3-17(10(2)9-15(18)19)14-8-7-11-12(14)5-4-6-13(11)16/h4-6,10,14H,3,7-9H2,1-2H3,(H,18,19). The number of aliphatic carboxylic acids is 1. The predicted molar refractivity (Wildman–Crippen MR) is 79.3 cm³/mol. The van der Waals surface area contributed by atoms with Crippen LogP contribution < -0.4 is 0 Å². The van der Waals surface area contributed by atoms with Crippen molar-refractivity contribution in [1.82, 2.24) is 4.90 Å². The molecular weight excluding hydrogens is 306 g/mol. The summed E-state index contributed by atoms with van der Waals surface area (Å²) in [6.45, 7) is 4.99. The van der Waals surface area contributed by atoms with Crippen LogP contribution in [-0.4, -0.2) is 28.6 Å². The zero-order chi connectivity index (χ0) is 14.0. The topological polar surface area (TPSA) is 40.5 Å². The van der Waals surface area contributed by atoms with Crippen LogP contribution >= 0.6 is 15.9 Å². The summed E-state index contributed by atoms with van der Waals surface area (Å²) in [5.41, 5.74) is 2.74. The summed E-state index contributed by atoms with van der Waals surface area (Å²) < 4.78 is 1.18. The van der Waals surface area contributed by atoms with E-state index in [1.807, 2.05) is 6.92 Å². The lowest BCUT2D eigenvalue weighted by Crippen LogP contribution is -2.37. The Morgan fingerprint density at radius 3 is 2.95 bits per heavy atom. The third-order valence-corrected chi connectivity index (χ3v) is 4.73. The zero-order valence-corrected chi connectivity index (χ0v) is 13.0. The molecule has 2 atom stereocenters. The second-order valence-corrected chi connectivity index (χ2v) is 5.99. The molecule has 1 aromatic rings. The molecule has 0 aromatic heterocycles. The summed E-state index contributed by atoms with van der Waals surface area (Å²) in [6, 6.07) is 6.74. The highest BCUT2D eigenvalue weighted by Crippen LogP contribution is 2.40. The summed E-state index contributed by atoms with van der Waals surface area (Å²) in [7, 11) is 0. The van der Waals surface area contributed by atoms with Gasteiger partial charge in [-0.25, -0.2) is 0 Å². The van der Waals surface area contributed by atoms with Crippen LogP contribution in [0.25, 0.3) is 0 Å². The smallest absolute Gasteiger partial charge is 0.304 e. The van der Waals surface area contributed by atoms with Crippen LogP contribution in [0.4, 0.5) is 0 Å². The van der Waals surface area contributed by atoms with Gasteiger partial charge in [0.25, 0.3) is 0 Å². The molecule has 0 aliphatic heterocycles. The Morgan fingerprint density at radius 2 is 2.32 bits per heavy atom. The quantitative estimate of drug-likeness (QED) is 0.898. The average molecular weight is 326 g/mol. The lowest BCUT2D eigenvalue weighted by molar-refractivity contribution is -0.138. The molecule has 1 aromatic carbocycles. The zero-order valence-electron chi connectivity index (χ0n) is 11.4. The van der Waals surface area contributed by atoms with E-state index in [4.69, 9.17) is 5.11 Å². The molecule has 3 nitrogen and oxygen atoms in total. The number of hydrogen-bond acceptors (Lipinski definition) is 2. The maximum absolute atomic E-state index is 10.9. The van der Waals surface area contributed by atoms with Gasteiger partial charge in [-0.05, 0) is 43.5 Å². The summed E-state index contributed by atoms with van der Waals surface area (Å²) in [5, 5.41) is 8.98. The molecule has 0 saturated carbocycles. The van der Waals surface area contributed by atoms with Crippen LogP contribution in [0.1, 0.15) is 43.9 Å². The van der Waals surface area contributed by atoms with Gasteiger partial charge in [-0.15, -0.1) is 0 Å². The fourth-order valence-electron chi connectivity index (χ4n) is 3.14. The highest BCUT2D eigenvalue weighted by molar-refractivity contribution is 9.10. The van der Waals surface area contributed by atoms with Crippen molar-refractivity contribution < 1.29 is 9.90 Å². The van der Waals surface area contributed by atoms with Gasteiger partial charge >= 0.3 is 5.97 Å². The fraction of sp³-hybridized carbons (Fsp3) is 0.533. The van der Waals surface area contributed by atoms with E-state index in [1.54, 1.807) is 0 Å². The van der Waals surface area contributed by atoms with E-state index >= 15 is 0 Å². The minimum atomic E-state index is -0.724. The lowest BCUT2D eigenvalue weighted by atomic mass is 10.0. The van der Waals surface area contributed by atoms with Gasteiger partial charge in [-0.2, -0.15) is 0 Å². The van der Waals surface area contributed by atoms with Crippen molar-refractivity contribution >= 4 is 21.9 Å². The van der Waals surface area contributed by atoms with Gasteiger partial charge in [0.1, 0.15) is 0 Å². The average Bonchev–Trinajstić information content (AvgIpc) is 2.75. The molecule has 0 bridgehead atoms. The monoisotopic (exact) mass is 325 g/mol. The van der Waals surface area contributed by atoms with Crippen molar-refractivity contribution in [3.05, 3.63) is 33.8 Å². The summed E-state index contributed by atoms with van der Waals surface area (Å²) in [5.74, 6) is -0.724. The molecule has 19 heavy (non-hydrogen) atoms. The number of carboxylic acids is 1.